The summed E-state index contributed by atoms with van der Waals surface area (Å²) in [6.07, 6.45) is 2.48. The first-order valence-electron chi connectivity index (χ1n) is 4.59. The minimum Gasteiger partial charge on any atom is -0.493 e. The highest BCUT2D eigenvalue weighted by Crippen LogP contribution is 2.29. The van der Waals surface area contributed by atoms with Crippen LogP contribution in [-0.2, 0) is 11.1 Å². The molecule has 1 aliphatic rings. The van der Waals surface area contributed by atoms with E-state index in [2.05, 4.69) is 0 Å². The maximum atomic E-state index is 10.8. The van der Waals surface area contributed by atoms with Crippen molar-refractivity contribution in [3.63, 3.8) is 0 Å². The minimum atomic E-state index is -1.92. The summed E-state index contributed by atoms with van der Waals surface area (Å²) >= 11 is -1.92. The number of hydrogen-bond donors (Lipinski definition) is 1. The summed E-state index contributed by atoms with van der Waals surface area (Å²) in [7, 11) is 0. The van der Waals surface area contributed by atoms with Crippen molar-refractivity contribution in [1.82, 2.24) is 0 Å². The van der Waals surface area contributed by atoms with Gasteiger partial charge in [-0.05, 0) is 37.0 Å². The fraction of sp³-hybridized carbons (Fsp3) is 0.400. The van der Waals surface area contributed by atoms with Crippen molar-refractivity contribution in [3.8, 4) is 5.75 Å². The Morgan fingerprint density at radius 2 is 2.29 bits per heavy atom. The van der Waals surface area contributed by atoms with Gasteiger partial charge in [0.25, 0.3) is 0 Å². The topological polar surface area (TPSA) is 46.5 Å². The summed E-state index contributed by atoms with van der Waals surface area (Å²) in [5.41, 5.74) is 0. The third kappa shape index (κ3) is 2.56. The van der Waals surface area contributed by atoms with Crippen LogP contribution in [0.15, 0.2) is 29.2 Å². The van der Waals surface area contributed by atoms with E-state index < -0.39 is 11.1 Å². The van der Waals surface area contributed by atoms with Crippen LogP contribution in [0.1, 0.15) is 12.8 Å². The predicted octanol–water partition coefficient (Wildman–Crippen LogP) is 2.06. The molecular formula is C10H12O3S. The van der Waals surface area contributed by atoms with Crippen LogP contribution in [0.25, 0.3) is 0 Å². The quantitative estimate of drug-likeness (QED) is 0.777. The predicted molar refractivity (Wildman–Crippen MR) is 53.7 cm³/mol. The van der Waals surface area contributed by atoms with Crippen LogP contribution in [0.5, 0.6) is 5.75 Å². The normalized spacial score (nSPS) is 17.8. The molecule has 2 rings (SSSR count). The van der Waals surface area contributed by atoms with Gasteiger partial charge in [0, 0.05) is 0 Å². The van der Waals surface area contributed by atoms with Gasteiger partial charge < -0.3 is 9.29 Å². The molecule has 1 fully saturated rings. The molecule has 1 unspecified atom stereocenters. The van der Waals surface area contributed by atoms with Gasteiger partial charge in [0.1, 0.15) is 5.75 Å². The first kappa shape index (κ1) is 9.68. The Hall–Kier alpha value is -0.870. The highest BCUT2D eigenvalue weighted by atomic mass is 32.2. The first-order valence-corrected chi connectivity index (χ1v) is 5.70. The molecule has 1 atom stereocenters. The fourth-order valence-electron chi connectivity index (χ4n) is 1.17. The highest BCUT2D eigenvalue weighted by molar-refractivity contribution is 7.79. The summed E-state index contributed by atoms with van der Waals surface area (Å²) in [4.78, 5) is 0.387. The summed E-state index contributed by atoms with van der Waals surface area (Å²) in [5, 5.41) is 0. The lowest BCUT2D eigenvalue weighted by atomic mass is 10.3. The lowest BCUT2D eigenvalue weighted by Crippen LogP contribution is -1.99. The molecule has 14 heavy (non-hydrogen) atoms. The Morgan fingerprint density at radius 3 is 2.93 bits per heavy atom. The van der Waals surface area contributed by atoms with Gasteiger partial charge in [-0.2, -0.15) is 0 Å². The van der Waals surface area contributed by atoms with E-state index in [1.807, 2.05) is 0 Å². The SMILES string of the molecule is O=S(O)c1cccc(OCC2CC2)c1. The first-order chi connectivity index (χ1) is 6.75. The molecule has 0 saturated heterocycles. The van der Waals surface area contributed by atoms with E-state index in [1.54, 1.807) is 24.3 Å². The van der Waals surface area contributed by atoms with E-state index in [-0.39, 0.29) is 0 Å². The minimum absolute atomic E-state index is 0.387. The van der Waals surface area contributed by atoms with Gasteiger partial charge in [0.15, 0.2) is 11.1 Å². The van der Waals surface area contributed by atoms with Crippen molar-refractivity contribution in [2.75, 3.05) is 6.61 Å². The molecule has 0 amide bonds. The van der Waals surface area contributed by atoms with Crippen molar-refractivity contribution < 1.29 is 13.5 Å². The van der Waals surface area contributed by atoms with Gasteiger partial charge in [-0.15, -0.1) is 0 Å². The maximum absolute atomic E-state index is 10.8. The van der Waals surface area contributed by atoms with Gasteiger partial charge in [0.05, 0.1) is 11.5 Å². The van der Waals surface area contributed by atoms with Gasteiger partial charge >= 0.3 is 0 Å². The van der Waals surface area contributed by atoms with Gasteiger partial charge in [-0.3, -0.25) is 0 Å². The average molecular weight is 212 g/mol. The zero-order valence-corrected chi connectivity index (χ0v) is 8.50. The molecule has 1 aliphatic carbocycles. The molecular weight excluding hydrogens is 200 g/mol. The smallest absolute Gasteiger partial charge is 0.186 e. The molecule has 1 saturated carbocycles. The van der Waals surface area contributed by atoms with E-state index >= 15 is 0 Å². The third-order valence-electron chi connectivity index (χ3n) is 2.19. The average Bonchev–Trinajstić information content (AvgIpc) is 2.99. The lowest BCUT2D eigenvalue weighted by molar-refractivity contribution is 0.299. The van der Waals surface area contributed by atoms with E-state index in [0.29, 0.717) is 16.6 Å². The van der Waals surface area contributed by atoms with E-state index in [4.69, 9.17) is 9.29 Å². The number of benzene rings is 1. The molecule has 0 radical (unpaired) electrons. The van der Waals surface area contributed by atoms with Crippen molar-refractivity contribution in [2.24, 2.45) is 5.92 Å². The second-order valence-corrected chi connectivity index (χ2v) is 4.45. The molecule has 1 N–H and O–H groups in total. The van der Waals surface area contributed by atoms with Gasteiger partial charge in [-0.25, -0.2) is 4.21 Å². The van der Waals surface area contributed by atoms with Crippen LogP contribution in [0.3, 0.4) is 0 Å². The van der Waals surface area contributed by atoms with E-state index in [0.717, 1.165) is 6.61 Å². The molecule has 76 valence electrons. The maximum Gasteiger partial charge on any atom is 0.186 e. The van der Waals surface area contributed by atoms with E-state index in [1.165, 1.54) is 12.8 Å². The largest absolute Gasteiger partial charge is 0.493 e. The molecule has 0 aliphatic heterocycles. The lowest BCUT2D eigenvalue weighted by Gasteiger charge is -2.05. The second-order valence-electron chi connectivity index (χ2n) is 3.48. The Labute approximate surface area is 85.4 Å². The van der Waals surface area contributed by atoms with Gasteiger partial charge in [-0.1, -0.05) is 6.07 Å². The third-order valence-corrected chi connectivity index (χ3v) is 2.85. The molecule has 0 bridgehead atoms. The van der Waals surface area contributed by atoms with Gasteiger partial charge in [0.2, 0.25) is 0 Å². The molecule has 1 aromatic carbocycles. The fourth-order valence-corrected chi connectivity index (χ4v) is 1.58. The molecule has 0 heterocycles. The monoisotopic (exact) mass is 212 g/mol. The second kappa shape index (κ2) is 4.11. The molecule has 1 aromatic rings. The Kier molecular flexibility index (Phi) is 2.84. The van der Waals surface area contributed by atoms with Crippen molar-refractivity contribution in [2.45, 2.75) is 17.7 Å². The highest BCUT2D eigenvalue weighted by Gasteiger charge is 2.21. The van der Waals surface area contributed by atoms with E-state index in [9.17, 15) is 4.21 Å². The van der Waals surface area contributed by atoms with Crippen LogP contribution in [0.4, 0.5) is 0 Å². The summed E-state index contributed by atoms with van der Waals surface area (Å²) in [6, 6.07) is 6.75. The Bertz CT molecular complexity index is 347. The van der Waals surface area contributed by atoms with Crippen LogP contribution >= 0.6 is 0 Å². The molecule has 0 aromatic heterocycles. The number of hydrogen-bond acceptors (Lipinski definition) is 2. The molecule has 4 heteroatoms. The number of rotatable bonds is 4. The Morgan fingerprint density at radius 1 is 1.50 bits per heavy atom. The van der Waals surface area contributed by atoms with Crippen LogP contribution in [0, 0.1) is 5.92 Å². The van der Waals surface area contributed by atoms with Crippen LogP contribution < -0.4 is 4.74 Å². The zero-order valence-electron chi connectivity index (χ0n) is 7.68. The summed E-state index contributed by atoms with van der Waals surface area (Å²) < 4.78 is 25.1. The van der Waals surface area contributed by atoms with Crippen molar-refractivity contribution >= 4 is 11.1 Å². The Balaban J connectivity index is 2.01. The number of ether oxygens (including phenoxy) is 1. The summed E-state index contributed by atoms with van der Waals surface area (Å²) in [6.45, 7) is 0.724. The van der Waals surface area contributed by atoms with Crippen LogP contribution in [0.2, 0.25) is 0 Å². The zero-order chi connectivity index (χ0) is 9.97. The summed E-state index contributed by atoms with van der Waals surface area (Å²) in [5.74, 6) is 1.37. The standard InChI is InChI=1S/C10H12O3S/c11-14(12)10-3-1-2-9(6-10)13-7-8-4-5-8/h1-3,6,8H,4-5,7H2,(H,11,12). The molecule has 0 spiro atoms. The molecule has 3 nitrogen and oxygen atoms in total. The van der Waals surface area contributed by atoms with Crippen molar-refractivity contribution in [3.05, 3.63) is 24.3 Å². The van der Waals surface area contributed by atoms with Crippen LogP contribution in [-0.4, -0.2) is 15.4 Å². The van der Waals surface area contributed by atoms with Crippen molar-refractivity contribution in [1.29, 1.82) is 0 Å².